The van der Waals surface area contributed by atoms with E-state index >= 15 is 0 Å². The van der Waals surface area contributed by atoms with E-state index in [9.17, 15) is 17.2 Å². The highest BCUT2D eigenvalue weighted by Gasteiger charge is 2.31. The maximum absolute atomic E-state index is 13.8. The van der Waals surface area contributed by atoms with Crippen molar-refractivity contribution in [2.75, 3.05) is 6.54 Å². The predicted molar refractivity (Wildman–Crippen MR) is 76.4 cm³/mol. The molecule has 6 heteroatoms. The molecule has 1 unspecified atom stereocenters. The fourth-order valence-electron chi connectivity index (χ4n) is 2.17. The van der Waals surface area contributed by atoms with E-state index in [4.69, 9.17) is 5.73 Å². The first-order valence-corrected chi connectivity index (χ1v) is 7.95. The van der Waals surface area contributed by atoms with Gasteiger partial charge in [0.05, 0.1) is 5.25 Å². The zero-order chi connectivity index (χ0) is 15.5. The van der Waals surface area contributed by atoms with Crippen molar-refractivity contribution >= 4 is 9.84 Å². The number of rotatable bonds is 5. The van der Waals surface area contributed by atoms with E-state index in [1.807, 2.05) is 0 Å². The Morgan fingerprint density at radius 2 is 1.71 bits per heavy atom. The average molecular weight is 311 g/mol. The van der Waals surface area contributed by atoms with Crippen molar-refractivity contribution in [1.82, 2.24) is 0 Å². The Balaban J connectivity index is 2.55. The molecule has 0 bridgehead atoms. The number of sulfone groups is 1. The van der Waals surface area contributed by atoms with Crippen molar-refractivity contribution in [2.45, 2.75) is 16.6 Å². The van der Waals surface area contributed by atoms with Crippen LogP contribution in [0.15, 0.2) is 53.4 Å². The van der Waals surface area contributed by atoms with Crippen LogP contribution in [0, 0.1) is 11.6 Å². The minimum atomic E-state index is -4.06. The normalized spacial score (nSPS) is 13.1. The van der Waals surface area contributed by atoms with E-state index in [0.717, 1.165) is 12.1 Å². The minimum absolute atomic E-state index is 0.121. The topological polar surface area (TPSA) is 60.2 Å². The van der Waals surface area contributed by atoms with E-state index < -0.39 is 31.6 Å². The predicted octanol–water partition coefficient (Wildman–Crippen LogP) is 2.83. The summed E-state index contributed by atoms with van der Waals surface area (Å²) in [5.41, 5.74) is 5.98. The van der Waals surface area contributed by atoms with Crippen molar-refractivity contribution in [3.05, 3.63) is 65.7 Å². The van der Waals surface area contributed by atoms with Gasteiger partial charge in [-0.15, -0.1) is 0 Å². The van der Waals surface area contributed by atoms with Crippen LogP contribution in [0.4, 0.5) is 8.78 Å². The fourth-order valence-corrected chi connectivity index (χ4v) is 4.05. The van der Waals surface area contributed by atoms with Crippen LogP contribution in [0.2, 0.25) is 0 Å². The first-order chi connectivity index (χ1) is 9.96. The lowest BCUT2D eigenvalue weighted by molar-refractivity contribution is 0.543. The quantitative estimate of drug-likeness (QED) is 0.923. The molecule has 1 atom stereocenters. The van der Waals surface area contributed by atoms with Crippen LogP contribution in [0.1, 0.15) is 17.2 Å². The number of hydrogen-bond donors (Lipinski definition) is 1. The summed E-state index contributed by atoms with van der Waals surface area (Å²) in [6.07, 6.45) is 0.127. The van der Waals surface area contributed by atoms with Crippen LogP contribution < -0.4 is 5.73 Å². The maximum atomic E-state index is 13.8. The molecule has 0 amide bonds. The van der Waals surface area contributed by atoms with Crippen molar-refractivity contribution in [1.29, 1.82) is 0 Å². The fraction of sp³-hybridized carbons (Fsp3) is 0.200. The van der Waals surface area contributed by atoms with Crippen molar-refractivity contribution < 1.29 is 17.2 Å². The van der Waals surface area contributed by atoms with Gasteiger partial charge in [0.2, 0.25) is 0 Å². The first kappa shape index (κ1) is 15.6. The Hall–Kier alpha value is -1.79. The highest BCUT2D eigenvalue weighted by Crippen LogP contribution is 2.32. The van der Waals surface area contributed by atoms with Crippen LogP contribution in [0.25, 0.3) is 0 Å². The Morgan fingerprint density at radius 1 is 1.05 bits per heavy atom. The average Bonchev–Trinajstić information content (AvgIpc) is 2.48. The number of halogens is 2. The molecule has 0 heterocycles. The molecule has 2 N–H and O–H groups in total. The molecule has 0 fully saturated rings. The molecule has 0 spiro atoms. The van der Waals surface area contributed by atoms with Crippen molar-refractivity contribution in [3.63, 3.8) is 0 Å². The zero-order valence-corrected chi connectivity index (χ0v) is 12.0. The van der Waals surface area contributed by atoms with E-state index in [1.54, 1.807) is 30.3 Å². The molecule has 2 aromatic carbocycles. The number of benzene rings is 2. The Morgan fingerprint density at radius 3 is 2.33 bits per heavy atom. The standard InChI is InChI=1S/C15H15F2NO2S/c16-12-6-7-13(17)15(10-12)21(19,20)14(8-9-18)11-4-2-1-3-5-11/h1-7,10,14H,8-9,18H2. The maximum Gasteiger partial charge on any atom is 0.188 e. The lowest BCUT2D eigenvalue weighted by atomic mass is 10.1. The Kier molecular flexibility index (Phi) is 4.69. The largest absolute Gasteiger partial charge is 0.330 e. The van der Waals surface area contributed by atoms with Gasteiger partial charge in [-0.2, -0.15) is 0 Å². The highest BCUT2D eigenvalue weighted by atomic mass is 32.2. The summed E-state index contributed by atoms with van der Waals surface area (Å²) in [6, 6.07) is 10.8. The third kappa shape index (κ3) is 3.28. The van der Waals surface area contributed by atoms with Gasteiger partial charge in [0.25, 0.3) is 0 Å². The summed E-state index contributed by atoms with van der Waals surface area (Å²) in [5, 5.41) is -1.00. The lowest BCUT2D eigenvalue weighted by Crippen LogP contribution is -2.19. The Bertz CT molecular complexity index is 718. The first-order valence-electron chi connectivity index (χ1n) is 6.41. The molecule has 0 aliphatic heterocycles. The monoisotopic (exact) mass is 311 g/mol. The molecule has 2 aromatic rings. The van der Waals surface area contributed by atoms with Gasteiger partial charge < -0.3 is 5.73 Å². The van der Waals surface area contributed by atoms with Gasteiger partial charge in [0, 0.05) is 0 Å². The molecule has 3 nitrogen and oxygen atoms in total. The molecular formula is C15H15F2NO2S. The van der Waals surface area contributed by atoms with E-state index in [0.29, 0.717) is 11.6 Å². The second-order valence-electron chi connectivity index (χ2n) is 4.60. The SMILES string of the molecule is NCCC(c1ccccc1)S(=O)(=O)c1cc(F)ccc1F. The van der Waals surface area contributed by atoms with Gasteiger partial charge >= 0.3 is 0 Å². The molecule has 21 heavy (non-hydrogen) atoms. The van der Waals surface area contributed by atoms with Gasteiger partial charge in [0.15, 0.2) is 9.84 Å². The smallest absolute Gasteiger partial charge is 0.188 e. The third-order valence-corrected chi connectivity index (χ3v) is 5.36. The molecular weight excluding hydrogens is 296 g/mol. The molecule has 0 radical (unpaired) electrons. The van der Waals surface area contributed by atoms with Crippen LogP contribution in [-0.2, 0) is 9.84 Å². The third-order valence-electron chi connectivity index (χ3n) is 3.17. The summed E-state index contributed by atoms with van der Waals surface area (Å²) >= 11 is 0. The summed E-state index contributed by atoms with van der Waals surface area (Å²) in [6.45, 7) is 0.121. The van der Waals surface area contributed by atoms with Crippen molar-refractivity contribution in [3.8, 4) is 0 Å². The second kappa shape index (κ2) is 6.32. The molecule has 0 aromatic heterocycles. The number of hydrogen-bond acceptors (Lipinski definition) is 3. The van der Waals surface area contributed by atoms with Crippen LogP contribution in [-0.4, -0.2) is 15.0 Å². The van der Waals surface area contributed by atoms with Gasteiger partial charge in [-0.1, -0.05) is 30.3 Å². The minimum Gasteiger partial charge on any atom is -0.330 e. The zero-order valence-electron chi connectivity index (χ0n) is 11.2. The molecule has 0 saturated carbocycles. The Labute approximate surface area is 122 Å². The molecule has 0 aliphatic rings. The highest BCUT2D eigenvalue weighted by molar-refractivity contribution is 7.91. The van der Waals surface area contributed by atoms with Crippen LogP contribution in [0.5, 0.6) is 0 Å². The van der Waals surface area contributed by atoms with Crippen LogP contribution in [0.3, 0.4) is 0 Å². The van der Waals surface area contributed by atoms with Gasteiger partial charge in [-0.05, 0) is 36.7 Å². The summed E-state index contributed by atoms with van der Waals surface area (Å²) in [7, 11) is -4.06. The molecule has 0 saturated heterocycles. The van der Waals surface area contributed by atoms with Crippen LogP contribution >= 0.6 is 0 Å². The van der Waals surface area contributed by atoms with Gasteiger partial charge in [-0.25, -0.2) is 17.2 Å². The molecule has 2 rings (SSSR count). The number of nitrogens with two attached hydrogens (primary N) is 1. The van der Waals surface area contributed by atoms with E-state index in [2.05, 4.69) is 0 Å². The second-order valence-corrected chi connectivity index (χ2v) is 6.70. The van der Waals surface area contributed by atoms with Gasteiger partial charge in [0.1, 0.15) is 16.5 Å². The van der Waals surface area contributed by atoms with Crippen molar-refractivity contribution in [2.24, 2.45) is 5.73 Å². The molecule has 0 aliphatic carbocycles. The van der Waals surface area contributed by atoms with E-state index in [-0.39, 0.29) is 13.0 Å². The summed E-state index contributed by atoms with van der Waals surface area (Å²) < 4.78 is 52.3. The summed E-state index contributed by atoms with van der Waals surface area (Å²) in [5.74, 6) is -1.76. The van der Waals surface area contributed by atoms with Gasteiger partial charge in [-0.3, -0.25) is 0 Å². The molecule has 112 valence electrons. The summed E-state index contributed by atoms with van der Waals surface area (Å²) in [4.78, 5) is -0.634. The lowest BCUT2D eigenvalue weighted by Gasteiger charge is -2.18. The van der Waals surface area contributed by atoms with E-state index in [1.165, 1.54) is 0 Å².